The largest absolute Gasteiger partial charge is 0.270 e. The molecule has 0 bridgehead atoms. The molecule has 0 amide bonds. The fourth-order valence-electron chi connectivity index (χ4n) is 6.79. The minimum atomic E-state index is 0.351. The third-order valence-electron chi connectivity index (χ3n) is 10.5. The van der Waals surface area contributed by atoms with Gasteiger partial charge < -0.3 is 0 Å². The maximum absolute atomic E-state index is 5.01. The molecule has 0 saturated carbocycles. The molecule has 0 unspecified atom stereocenters. The van der Waals surface area contributed by atoms with Gasteiger partial charge in [-0.25, -0.2) is 20.0 Å². The summed E-state index contributed by atoms with van der Waals surface area (Å²) in [6.07, 6.45) is 24.3. The first kappa shape index (κ1) is 44.8. The number of amidine groups is 4. The molecule has 312 valence electrons. The highest BCUT2D eigenvalue weighted by Gasteiger charge is 2.15. The van der Waals surface area contributed by atoms with E-state index in [1.807, 2.05) is 85.1 Å². The Bertz CT molecular complexity index is 2690. The van der Waals surface area contributed by atoms with E-state index in [0.29, 0.717) is 29.9 Å². The molecular formula is C57H54N6. The summed E-state index contributed by atoms with van der Waals surface area (Å²) in [5.41, 5.74) is 12.1. The maximum atomic E-state index is 5.01. The van der Waals surface area contributed by atoms with Crippen LogP contribution in [0.2, 0.25) is 0 Å². The minimum absolute atomic E-state index is 0.351. The Morgan fingerprint density at radius 1 is 0.587 bits per heavy atom. The van der Waals surface area contributed by atoms with Crippen LogP contribution in [-0.4, -0.2) is 49.9 Å². The normalized spacial score (nSPS) is 15.2. The van der Waals surface area contributed by atoms with Gasteiger partial charge in [0.25, 0.3) is 0 Å². The van der Waals surface area contributed by atoms with Crippen molar-refractivity contribution >= 4 is 53.0 Å². The molecule has 0 atom stereocenters. The molecule has 0 spiro atoms. The molecule has 4 aromatic carbocycles. The number of benzene rings is 4. The molecule has 6 rings (SSSR count). The van der Waals surface area contributed by atoms with Crippen molar-refractivity contribution in [3.63, 3.8) is 0 Å². The Kier molecular flexibility index (Phi) is 16.2. The summed E-state index contributed by atoms with van der Waals surface area (Å²) in [7, 11) is 1.76. The predicted octanol–water partition coefficient (Wildman–Crippen LogP) is 13.5. The molecular weight excluding hydrogens is 769 g/mol. The predicted molar refractivity (Wildman–Crippen MR) is 274 cm³/mol. The first-order valence-electron chi connectivity index (χ1n) is 21.1. The number of nitrogens with zero attached hydrogens (tertiary/aromatic N) is 6. The molecule has 63 heavy (non-hydrogen) atoms. The summed E-state index contributed by atoms with van der Waals surface area (Å²) in [6, 6.07) is 36.7. The topological polar surface area (TPSA) is 74.2 Å². The van der Waals surface area contributed by atoms with Crippen LogP contribution in [0.25, 0.3) is 16.7 Å². The van der Waals surface area contributed by atoms with E-state index >= 15 is 0 Å². The Hall–Kier alpha value is -7.70. The molecule has 0 fully saturated rings. The molecule has 0 N–H and O–H groups in total. The van der Waals surface area contributed by atoms with Crippen molar-refractivity contribution in [2.75, 3.05) is 13.6 Å². The van der Waals surface area contributed by atoms with Gasteiger partial charge in [0.1, 0.15) is 0 Å². The lowest BCUT2D eigenvalue weighted by atomic mass is 9.91. The van der Waals surface area contributed by atoms with Gasteiger partial charge in [-0.15, -0.1) is 0 Å². The minimum Gasteiger partial charge on any atom is -0.270 e. The van der Waals surface area contributed by atoms with Crippen molar-refractivity contribution in [3.8, 4) is 0 Å². The molecule has 2 aliphatic carbocycles. The smallest absolute Gasteiger partial charge is 0.161 e. The average Bonchev–Trinajstić information content (AvgIpc) is 3.35. The van der Waals surface area contributed by atoms with Gasteiger partial charge in [0, 0.05) is 35.5 Å². The summed E-state index contributed by atoms with van der Waals surface area (Å²) in [4.78, 5) is 28.5. The molecule has 0 aromatic heterocycles. The Labute approximate surface area is 373 Å². The van der Waals surface area contributed by atoms with Crippen molar-refractivity contribution < 1.29 is 0 Å². The first-order chi connectivity index (χ1) is 30.8. The van der Waals surface area contributed by atoms with Crippen LogP contribution in [-0.2, 0) is 0 Å². The lowest BCUT2D eigenvalue weighted by molar-refractivity contribution is 1.03. The van der Waals surface area contributed by atoms with E-state index in [4.69, 9.17) is 20.0 Å². The van der Waals surface area contributed by atoms with Crippen molar-refractivity contribution in [2.45, 2.75) is 32.6 Å². The van der Waals surface area contributed by atoms with Crippen molar-refractivity contribution in [1.29, 1.82) is 0 Å². The highest BCUT2D eigenvalue weighted by Crippen LogP contribution is 2.32. The fourth-order valence-corrected chi connectivity index (χ4v) is 6.79. The maximum Gasteiger partial charge on any atom is 0.161 e. The van der Waals surface area contributed by atoms with Crippen LogP contribution in [0, 0.1) is 0 Å². The third kappa shape index (κ3) is 12.4. The van der Waals surface area contributed by atoms with Crippen LogP contribution in [0.1, 0.15) is 66.0 Å². The van der Waals surface area contributed by atoms with Crippen molar-refractivity contribution in [3.05, 3.63) is 246 Å². The summed E-state index contributed by atoms with van der Waals surface area (Å²) in [5, 5.41) is 0. The van der Waals surface area contributed by atoms with E-state index in [1.54, 1.807) is 13.1 Å². The Balaban J connectivity index is 1.35. The first-order valence-corrected chi connectivity index (χ1v) is 21.1. The van der Waals surface area contributed by atoms with Gasteiger partial charge in [-0.1, -0.05) is 190 Å². The average molecular weight is 823 g/mol. The molecule has 0 heterocycles. The van der Waals surface area contributed by atoms with Crippen molar-refractivity contribution in [1.82, 2.24) is 0 Å². The van der Waals surface area contributed by atoms with E-state index < -0.39 is 0 Å². The van der Waals surface area contributed by atoms with Gasteiger partial charge in [0.05, 0.1) is 6.54 Å². The highest BCUT2D eigenvalue weighted by atomic mass is 15.0. The number of hydrogen-bond donors (Lipinski definition) is 0. The summed E-state index contributed by atoms with van der Waals surface area (Å²) in [5.74, 6) is 2.25. The van der Waals surface area contributed by atoms with Gasteiger partial charge in [0.2, 0.25) is 0 Å². The molecule has 4 aromatic rings. The monoisotopic (exact) mass is 822 g/mol. The fraction of sp³-hybridized carbons (Fsp3) is 0.123. The van der Waals surface area contributed by atoms with Crippen LogP contribution in [0.15, 0.2) is 242 Å². The molecule has 2 aliphatic rings. The van der Waals surface area contributed by atoms with Crippen LogP contribution >= 0.6 is 0 Å². The van der Waals surface area contributed by atoms with Crippen LogP contribution in [0.3, 0.4) is 0 Å². The lowest BCUT2D eigenvalue weighted by Crippen LogP contribution is -2.07. The van der Waals surface area contributed by atoms with E-state index in [2.05, 4.69) is 129 Å². The zero-order valence-corrected chi connectivity index (χ0v) is 36.4. The number of allylic oxidation sites excluding steroid dienone is 10. The van der Waals surface area contributed by atoms with Crippen LogP contribution in [0.5, 0.6) is 0 Å². The molecule has 6 nitrogen and oxygen atoms in total. The number of aliphatic imine (C=N–C) groups is 6. The molecule has 6 heteroatoms. The van der Waals surface area contributed by atoms with Gasteiger partial charge >= 0.3 is 0 Å². The van der Waals surface area contributed by atoms with Crippen LogP contribution < -0.4 is 0 Å². The zero-order chi connectivity index (χ0) is 44.4. The van der Waals surface area contributed by atoms with E-state index in [9.17, 15) is 0 Å². The standard InChI is InChI=1S/C57H54N6/c1-8-41(2)39-60-57(62-54(58-6)49-25-17-11-18-26-49)52-36-32-48(33-37-52)53(38-29-42(3)43(4)46-23-15-10-16-24-46)44(5)47-30-34-51(35-31-47)55(59-7)63-56(50-27-19-12-20-28-50)61-40-45-21-13-9-14-22-45/h8-10,13-17,19,21-38,40H,1-2,4-6,11-12,18,20,39H2,3,7H3/b42-29+,53-38+,59-55?,60-57?,61-40?,62-54?,63-56?. The van der Waals surface area contributed by atoms with E-state index in [-0.39, 0.29) is 0 Å². The number of hydrogen-bond acceptors (Lipinski definition) is 2. The van der Waals surface area contributed by atoms with Gasteiger partial charge in [-0.3, -0.25) is 9.98 Å². The molecule has 0 radical (unpaired) electrons. The van der Waals surface area contributed by atoms with Gasteiger partial charge in [-0.05, 0) is 89.4 Å². The van der Waals surface area contributed by atoms with Gasteiger partial charge in [-0.2, -0.15) is 0 Å². The summed E-state index contributed by atoms with van der Waals surface area (Å²) in [6.45, 7) is 23.2. The van der Waals surface area contributed by atoms with Crippen molar-refractivity contribution in [2.24, 2.45) is 30.0 Å². The quantitative estimate of drug-likeness (QED) is 0.0690. The summed E-state index contributed by atoms with van der Waals surface area (Å²) >= 11 is 0. The molecule has 0 saturated heterocycles. The van der Waals surface area contributed by atoms with Crippen LogP contribution in [0.4, 0.5) is 0 Å². The van der Waals surface area contributed by atoms with E-state index in [0.717, 1.165) is 98.1 Å². The Morgan fingerprint density at radius 2 is 1.13 bits per heavy atom. The second kappa shape index (κ2) is 22.8. The van der Waals surface area contributed by atoms with E-state index in [1.165, 1.54) is 0 Å². The Morgan fingerprint density at radius 3 is 1.70 bits per heavy atom. The zero-order valence-electron chi connectivity index (χ0n) is 36.4. The molecule has 0 aliphatic heterocycles. The number of rotatable bonds is 14. The SMILES string of the molecule is C=CC(=C)CN=C(N=C(N=C)C1=CCCC=C1)c1ccc(/C(=C/C=C(\C)C(=C)c2ccccc2)C(=C)c2ccc(C(N=C(N=Cc3ccccc3)C3=CCCC=C3)=NC)cc2)cc1. The highest BCUT2D eigenvalue weighted by molar-refractivity contribution is 6.16. The lowest BCUT2D eigenvalue weighted by Gasteiger charge is -2.14. The van der Waals surface area contributed by atoms with Gasteiger partial charge in [0.15, 0.2) is 23.3 Å². The second-order valence-electron chi connectivity index (χ2n) is 14.9. The summed E-state index contributed by atoms with van der Waals surface area (Å²) < 4.78 is 0. The second-order valence-corrected chi connectivity index (χ2v) is 14.9. The third-order valence-corrected chi connectivity index (χ3v) is 10.5.